The van der Waals surface area contributed by atoms with E-state index in [0.29, 0.717) is 12.6 Å². The van der Waals surface area contributed by atoms with Crippen molar-refractivity contribution in [3.63, 3.8) is 0 Å². The second kappa shape index (κ2) is 7.85. The van der Waals surface area contributed by atoms with Crippen molar-refractivity contribution in [2.75, 3.05) is 20.7 Å². The second-order valence-electron chi connectivity index (χ2n) is 5.19. The van der Waals surface area contributed by atoms with Gasteiger partial charge in [-0.2, -0.15) is 0 Å². The van der Waals surface area contributed by atoms with Crippen LogP contribution in [0.4, 0.5) is 4.39 Å². The summed E-state index contributed by atoms with van der Waals surface area (Å²) < 4.78 is 19.1. The van der Waals surface area contributed by atoms with Crippen LogP contribution in [0.3, 0.4) is 0 Å². The van der Waals surface area contributed by atoms with Gasteiger partial charge < -0.3 is 15.0 Å². The van der Waals surface area contributed by atoms with Crippen molar-refractivity contribution in [3.05, 3.63) is 29.6 Å². The average Bonchev–Trinajstić information content (AvgIpc) is 2.38. The van der Waals surface area contributed by atoms with Crippen LogP contribution < -0.4 is 10.1 Å². The van der Waals surface area contributed by atoms with E-state index in [4.69, 9.17) is 4.74 Å². The molecule has 0 unspecified atom stereocenters. The molecular formula is C15H23FN2O2. The molecule has 0 heterocycles. The number of ether oxygens (including phenoxy) is 1. The van der Waals surface area contributed by atoms with Gasteiger partial charge in [0, 0.05) is 26.7 Å². The molecular weight excluding hydrogens is 259 g/mol. The summed E-state index contributed by atoms with van der Waals surface area (Å²) in [5.74, 6) is -0.252. The third kappa shape index (κ3) is 5.57. The number of nitrogens with zero attached hydrogens (tertiary/aromatic N) is 1. The van der Waals surface area contributed by atoms with E-state index in [1.807, 2.05) is 19.9 Å². The zero-order chi connectivity index (χ0) is 15.1. The Morgan fingerprint density at radius 3 is 2.65 bits per heavy atom. The van der Waals surface area contributed by atoms with Crippen LogP contribution >= 0.6 is 0 Å². The van der Waals surface area contributed by atoms with Crippen LogP contribution in [0.5, 0.6) is 5.75 Å². The lowest BCUT2D eigenvalue weighted by molar-refractivity contribution is -0.129. The minimum Gasteiger partial charge on any atom is -0.490 e. The Bertz CT molecular complexity index is 447. The molecule has 1 N–H and O–H groups in total. The summed E-state index contributed by atoms with van der Waals surface area (Å²) in [6.07, 6.45) is 0.239. The molecule has 0 atom stereocenters. The monoisotopic (exact) mass is 282 g/mol. The molecule has 112 valence electrons. The first-order chi connectivity index (χ1) is 9.40. The van der Waals surface area contributed by atoms with Crippen LogP contribution in [0.1, 0.15) is 25.8 Å². The Kier molecular flexibility index (Phi) is 6.45. The van der Waals surface area contributed by atoms with Gasteiger partial charge in [0.1, 0.15) is 0 Å². The number of hydrogen-bond acceptors (Lipinski definition) is 3. The topological polar surface area (TPSA) is 41.6 Å². The molecule has 4 nitrogen and oxygen atoms in total. The molecule has 0 aliphatic carbocycles. The molecule has 0 saturated carbocycles. The number of amides is 1. The zero-order valence-corrected chi connectivity index (χ0v) is 12.6. The van der Waals surface area contributed by atoms with Crippen molar-refractivity contribution in [2.45, 2.75) is 32.9 Å². The normalized spacial score (nSPS) is 10.7. The van der Waals surface area contributed by atoms with Gasteiger partial charge in [-0.05, 0) is 17.7 Å². The van der Waals surface area contributed by atoms with Crippen LogP contribution in [-0.4, -0.2) is 37.6 Å². The van der Waals surface area contributed by atoms with Gasteiger partial charge in [0.25, 0.3) is 0 Å². The highest BCUT2D eigenvalue weighted by Crippen LogP contribution is 2.18. The van der Waals surface area contributed by atoms with Crippen LogP contribution in [0, 0.1) is 5.82 Å². The Hall–Kier alpha value is -1.62. The van der Waals surface area contributed by atoms with Crippen LogP contribution in [0.15, 0.2) is 18.2 Å². The number of hydrogen-bond donors (Lipinski definition) is 1. The molecule has 0 bridgehead atoms. The second-order valence-corrected chi connectivity index (χ2v) is 5.19. The molecule has 0 spiro atoms. The number of rotatable bonds is 7. The van der Waals surface area contributed by atoms with Gasteiger partial charge in [0.05, 0.1) is 13.0 Å². The molecule has 20 heavy (non-hydrogen) atoms. The highest BCUT2D eigenvalue weighted by molar-refractivity contribution is 5.75. The number of benzene rings is 1. The van der Waals surface area contributed by atoms with Crippen LogP contribution in [0.2, 0.25) is 0 Å². The molecule has 0 saturated heterocycles. The Labute approximate surface area is 119 Å². The molecule has 0 aliphatic rings. The van der Waals surface area contributed by atoms with Gasteiger partial charge in [0.15, 0.2) is 11.6 Å². The lowest BCUT2D eigenvalue weighted by Crippen LogP contribution is -2.23. The van der Waals surface area contributed by atoms with Gasteiger partial charge in [-0.15, -0.1) is 0 Å². The Morgan fingerprint density at radius 1 is 1.40 bits per heavy atom. The van der Waals surface area contributed by atoms with E-state index in [1.165, 1.54) is 11.0 Å². The Balaban J connectivity index is 2.49. The molecule has 5 heteroatoms. The fourth-order valence-electron chi connectivity index (χ4n) is 1.57. The SMILES string of the molecule is CC(C)NCc1ccc(OCCC(=O)N(C)C)c(F)c1. The third-order valence-corrected chi connectivity index (χ3v) is 2.78. The summed E-state index contributed by atoms with van der Waals surface area (Å²) in [5.41, 5.74) is 0.868. The maximum atomic E-state index is 13.8. The summed E-state index contributed by atoms with van der Waals surface area (Å²) in [5, 5.41) is 3.22. The summed E-state index contributed by atoms with van der Waals surface area (Å²) in [7, 11) is 3.36. The summed E-state index contributed by atoms with van der Waals surface area (Å²) in [6.45, 7) is 4.87. The highest BCUT2D eigenvalue weighted by atomic mass is 19.1. The van der Waals surface area contributed by atoms with E-state index in [1.54, 1.807) is 20.2 Å². The largest absolute Gasteiger partial charge is 0.490 e. The van der Waals surface area contributed by atoms with E-state index < -0.39 is 5.82 Å². The van der Waals surface area contributed by atoms with Crippen LogP contribution in [-0.2, 0) is 11.3 Å². The number of nitrogens with one attached hydrogen (secondary N) is 1. The third-order valence-electron chi connectivity index (χ3n) is 2.78. The molecule has 0 radical (unpaired) electrons. The van der Waals surface area contributed by atoms with E-state index in [2.05, 4.69) is 5.32 Å². The summed E-state index contributed by atoms with van der Waals surface area (Å²) in [6, 6.07) is 5.23. The highest BCUT2D eigenvalue weighted by Gasteiger charge is 2.08. The van der Waals surface area contributed by atoms with Gasteiger partial charge in [-0.25, -0.2) is 4.39 Å². The van der Waals surface area contributed by atoms with Gasteiger partial charge in [-0.3, -0.25) is 4.79 Å². The molecule has 1 rings (SSSR count). The fourth-order valence-corrected chi connectivity index (χ4v) is 1.57. The lowest BCUT2D eigenvalue weighted by atomic mass is 10.2. The van der Waals surface area contributed by atoms with Crippen molar-refractivity contribution in [1.29, 1.82) is 0 Å². The first kappa shape index (κ1) is 16.4. The number of halogens is 1. The van der Waals surface area contributed by atoms with Crippen molar-refractivity contribution in [3.8, 4) is 5.75 Å². The van der Waals surface area contributed by atoms with Gasteiger partial charge >= 0.3 is 0 Å². The zero-order valence-electron chi connectivity index (χ0n) is 12.6. The average molecular weight is 282 g/mol. The minimum atomic E-state index is -0.398. The van der Waals surface area contributed by atoms with Gasteiger partial charge in [-0.1, -0.05) is 19.9 Å². The van der Waals surface area contributed by atoms with E-state index in [9.17, 15) is 9.18 Å². The lowest BCUT2D eigenvalue weighted by Gasteiger charge is -2.12. The summed E-state index contributed by atoms with van der Waals surface area (Å²) in [4.78, 5) is 12.9. The molecule has 1 aromatic rings. The predicted molar refractivity (Wildman–Crippen MR) is 77.2 cm³/mol. The molecule has 1 aromatic carbocycles. The first-order valence-electron chi connectivity index (χ1n) is 6.75. The standard InChI is InChI=1S/C15H23FN2O2/c1-11(2)17-10-12-5-6-14(13(16)9-12)20-8-7-15(19)18(3)4/h5-6,9,11,17H,7-8,10H2,1-4H3. The fraction of sp³-hybridized carbons (Fsp3) is 0.533. The molecule has 1 amide bonds. The Morgan fingerprint density at radius 2 is 2.10 bits per heavy atom. The van der Waals surface area contributed by atoms with E-state index in [-0.39, 0.29) is 24.7 Å². The van der Waals surface area contributed by atoms with Crippen molar-refractivity contribution in [1.82, 2.24) is 10.2 Å². The van der Waals surface area contributed by atoms with E-state index in [0.717, 1.165) is 5.56 Å². The van der Waals surface area contributed by atoms with Crippen molar-refractivity contribution < 1.29 is 13.9 Å². The van der Waals surface area contributed by atoms with Gasteiger partial charge in [0.2, 0.25) is 5.91 Å². The van der Waals surface area contributed by atoms with E-state index >= 15 is 0 Å². The minimum absolute atomic E-state index is 0.0387. The first-order valence-corrected chi connectivity index (χ1v) is 6.75. The number of carbonyl (C=O) groups excluding carboxylic acids is 1. The van der Waals surface area contributed by atoms with Crippen molar-refractivity contribution in [2.24, 2.45) is 0 Å². The molecule has 0 fully saturated rings. The predicted octanol–water partition coefficient (Wildman–Crippen LogP) is 2.18. The maximum absolute atomic E-state index is 13.8. The molecule has 0 aromatic heterocycles. The summed E-state index contributed by atoms with van der Waals surface area (Å²) >= 11 is 0. The van der Waals surface area contributed by atoms with Crippen molar-refractivity contribution >= 4 is 5.91 Å². The van der Waals surface area contributed by atoms with Crippen LogP contribution in [0.25, 0.3) is 0 Å². The number of carbonyl (C=O) groups is 1. The maximum Gasteiger partial charge on any atom is 0.225 e. The molecule has 0 aliphatic heterocycles. The smallest absolute Gasteiger partial charge is 0.225 e. The quantitative estimate of drug-likeness (QED) is 0.833.